The number of carbonyl (C=O) groups is 1. The van der Waals surface area contributed by atoms with E-state index in [1.54, 1.807) is 0 Å². The normalized spacial score (nSPS) is 16.9. The lowest BCUT2D eigenvalue weighted by molar-refractivity contribution is 0.0734. The first-order valence-electron chi connectivity index (χ1n) is 8.43. The second kappa shape index (κ2) is 6.07. The number of amides is 1. The standard InChI is InChI=1S/C20H21NO2/c22-20(21(17-11-12-17)14-15-9-10-15)16-5-4-8-19(13-16)23-18-6-2-1-3-7-18/h1-8,13,15,17H,9-12,14H2. The second-order valence-electron chi connectivity index (χ2n) is 6.58. The van der Waals surface area contributed by atoms with E-state index in [1.807, 2.05) is 54.6 Å². The summed E-state index contributed by atoms with van der Waals surface area (Å²) in [5, 5.41) is 0. The Morgan fingerprint density at radius 1 is 0.957 bits per heavy atom. The summed E-state index contributed by atoms with van der Waals surface area (Å²) >= 11 is 0. The predicted molar refractivity (Wildman–Crippen MR) is 89.7 cm³/mol. The van der Waals surface area contributed by atoms with Crippen LogP contribution < -0.4 is 4.74 Å². The number of hydrogen-bond donors (Lipinski definition) is 0. The first-order valence-corrected chi connectivity index (χ1v) is 8.43. The Hall–Kier alpha value is -2.29. The lowest BCUT2D eigenvalue weighted by Gasteiger charge is -2.22. The van der Waals surface area contributed by atoms with E-state index in [-0.39, 0.29) is 5.91 Å². The second-order valence-corrected chi connectivity index (χ2v) is 6.58. The molecule has 0 aliphatic heterocycles. The fourth-order valence-corrected chi connectivity index (χ4v) is 2.85. The molecule has 2 aliphatic rings. The molecule has 118 valence electrons. The quantitative estimate of drug-likeness (QED) is 0.786. The van der Waals surface area contributed by atoms with E-state index in [9.17, 15) is 4.79 Å². The van der Waals surface area contributed by atoms with Crippen molar-refractivity contribution in [1.82, 2.24) is 4.90 Å². The molecule has 0 spiro atoms. The topological polar surface area (TPSA) is 29.5 Å². The van der Waals surface area contributed by atoms with Gasteiger partial charge in [-0.2, -0.15) is 0 Å². The molecule has 23 heavy (non-hydrogen) atoms. The maximum atomic E-state index is 12.9. The number of benzene rings is 2. The van der Waals surface area contributed by atoms with Gasteiger partial charge in [0.2, 0.25) is 0 Å². The molecule has 0 radical (unpaired) electrons. The lowest BCUT2D eigenvalue weighted by Crippen LogP contribution is -2.34. The molecule has 2 fully saturated rings. The first kappa shape index (κ1) is 14.3. The third-order valence-corrected chi connectivity index (χ3v) is 4.46. The van der Waals surface area contributed by atoms with Crippen molar-refractivity contribution in [3.63, 3.8) is 0 Å². The third-order valence-electron chi connectivity index (χ3n) is 4.46. The summed E-state index contributed by atoms with van der Waals surface area (Å²) < 4.78 is 5.85. The van der Waals surface area contributed by atoms with Gasteiger partial charge in [-0.3, -0.25) is 4.79 Å². The molecule has 0 N–H and O–H groups in total. The van der Waals surface area contributed by atoms with Gasteiger partial charge in [-0.1, -0.05) is 24.3 Å². The third kappa shape index (κ3) is 3.55. The van der Waals surface area contributed by atoms with Crippen molar-refractivity contribution in [2.45, 2.75) is 31.7 Å². The van der Waals surface area contributed by atoms with Crippen molar-refractivity contribution in [1.29, 1.82) is 0 Å². The van der Waals surface area contributed by atoms with Crippen molar-refractivity contribution >= 4 is 5.91 Å². The van der Waals surface area contributed by atoms with Crippen LogP contribution in [0.25, 0.3) is 0 Å². The number of rotatable bonds is 6. The Kier molecular flexibility index (Phi) is 3.78. The van der Waals surface area contributed by atoms with Crippen LogP contribution in [-0.4, -0.2) is 23.4 Å². The van der Waals surface area contributed by atoms with Gasteiger partial charge < -0.3 is 9.64 Å². The van der Waals surface area contributed by atoms with Crippen LogP contribution in [-0.2, 0) is 0 Å². The minimum Gasteiger partial charge on any atom is -0.457 e. The van der Waals surface area contributed by atoms with E-state index >= 15 is 0 Å². The Labute approximate surface area is 136 Å². The fraction of sp³-hybridized carbons (Fsp3) is 0.350. The summed E-state index contributed by atoms with van der Waals surface area (Å²) in [7, 11) is 0. The Bertz CT molecular complexity index is 690. The highest BCUT2D eigenvalue weighted by molar-refractivity contribution is 5.95. The van der Waals surface area contributed by atoms with Crippen molar-refractivity contribution < 1.29 is 9.53 Å². The first-order chi connectivity index (χ1) is 11.3. The Morgan fingerprint density at radius 3 is 2.39 bits per heavy atom. The van der Waals surface area contributed by atoms with Gasteiger partial charge in [-0.15, -0.1) is 0 Å². The van der Waals surface area contributed by atoms with Gasteiger partial charge in [0, 0.05) is 18.2 Å². The molecule has 0 atom stereocenters. The average molecular weight is 307 g/mol. The van der Waals surface area contributed by atoms with E-state index in [2.05, 4.69) is 4.90 Å². The van der Waals surface area contributed by atoms with Crippen molar-refractivity contribution in [2.24, 2.45) is 5.92 Å². The molecule has 4 rings (SSSR count). The van der Waals surface area contributed by atoms with Gasteiger partial charge in [0.15, 0.2) is 0 Å². The molecule has 0 bridgehead atoms. The van der Waals surface area contributed by atoms with E-state index in [0.29, 0.717) is 11.8 Å². The van der Waals surface area contributed by atoms with Crippen LogP contribution in [0.3, 0.4) is 0 Å². The highest BCUT2D eigenvalue weighted by Gasteiger charge is 2.36. The smallest absolute Gasteiger partial charge is 0.254 e. The number of hydrogen-bond acceptors (Lipinski definition) is 2. The molecule has 0 unspecified atom stereocenters. The van der Waals surface area contributed by atoms with Gasteiger partial charge in [0.05, 0.1) is 0 Å². The van der Waals surface area contributed by atoms with E-state index < -0.39 is 0 Å². The molecule has 2 aromatic rings. The number of carbonyl (C=O) groups excluding carboxylic acids is 1. The molecular weight excluding hydrogens is 286 g/mol. The molecule has 2 saturated carbocycles. The van der Waals surface area contributed by atoms with Gasteiger partial charge in [0.1, 0.15) is 11.5 Å². The molecule has 3 heteroatoms. The van der Waals surface area contributed by atoms with Crippen molar-refractivity contribution in [2.75, 3.05) is 6.54 Å². The highest BCUT2D eigenvalue weighted by atomic mass is 16.5. The number of ether oxygens (including phenoxy) is 1. The number of nitrogens with zero attached hydrogens (tertiary/aromatic N) is 1. The summed E-state index contributed by atoms with van der Waals surface area (Å²) in [4.78, 5) is 14.9. The highest BCUT2D eigenvalue weighted by Crippen LogP contribution is 2.36. The summed E-state index contributed by atoms with van der Waals surface area (Å²) in [5.74, 6) is 2.37. The Morgan fingerprint density at radius 2 is 1.70 bits per heavy atom. The van der Waals surface area contributed by atoms with Gasteiger partial charge in [0.25, 0.3) is 5.91 Å². The van der Waals surface area contributed by atoms with Crippen LogP contribution in [0.15, 0.2) is 54.6 Å². The van der Waals surface area contributed by atoms with Crippen LogP contribution in [0.5, 0.6) is 11.5 Å². The maximum Gasteiger partial charge on any atom is 0.254 e. The zero-order valence-corrected chi connectivity index (χ0v) is 13.2. The van der Waals surface area contributed by atoms with Crippen LogP contribution in [0.4, 0.5) is 0 Å². The van der Waals surface area contributed by atoms with Gasteiger partial charge in [-0.25, -0.2) is 0 Å². The van der Waals surface area contributed by atoms with Crippen molar-refractivity contribution in [3.8, 4) is 11.5 Å². The number of para-hydroxylation sites is 1. The molecule has 0 saturated heterocycles. The molecule has 0 aromatic heterocycles. The van der Waals surface area contributed by atoms with Crippen LogP contribution in [0, 0.1) is 5.92 Å². The van der Waals surface area contributed by atoms with Crippen LogP contribution in [0.1, 0.15) is 36.0 Å². The molecule has 3 nitrogen and oxygen atoms in total. The van der Waals surface area contributed by atoms with Crippen molar-refractivity contribution in [3.05, 3.63) is 60.2 Å². The average Bonchev–Trinajstić information content (AvgIpc) is 3.47. The summed E-state index contributed by atoms with van der Waals surface area (Å²) in [6.07, 6.45) is 4.85. The summed E-state index contributed by atoms with van der Waals surface area (Å²) in [6.45, 7) is 0.924. The molecule has 0 heterocycles. The van der Waals surface area contributed by atoms with E-state index in [0.717, 1.165) is 36.6 Å². The largest absolute Gasteiger partial charge is 0.457 e. The fourth-order valence-electron chi connectivity index (χ4n) is 2.85. The predicted octanol–water partition coefficient (Wildman–Crippen LogP) is 4.49. The van der Waals surface area contributed by atoms with Crippen LogP contribution in [0.2, 0.25) is 0 Å². The van der Waals surface area contributed by atoms with E-state index in [1.165, 1.54) is 12.8 Å². The minimum absolute atomic E-state index is 0.151. The van der Waals surface area contributed by atoms with Gasteiger partial charge >= 0.3 is 0 Å². The zero-order valence-electron chi connectivity index (χ0n) is 13.2. The Balaban J connectivity index is 1.51. The SMILES string of the molecule is O=C(c1cccc(Oc2ccccc2)c1)N(CC1CC1)C1CC1. The van der Waals surface area contributed by atoms with Crippen LogP contribution >= 0.6 is 0 Å². The van der Waals surface area contributed by atoms with E-state index in [4.69, 9.17) is 4.74 Å². The molecule has 2 aliphatic carbocycles. The lowest BCUT2D eigenvalue weighted by atomic mass is 10.1. The molecular formula is C20H21NO2. The molecule has 2 aromatic carbocycles. The monoisotopic (exact) mass is 307 g/mol. The summed E-state index contributed by atoms with van der Waals surface area (Å²) in [5.41, 5.74) is 0.728. The molecule has 1 amide bonds. The summed E-state index contributed by atoms with van der Waals surface area (Å²) in [6, 6.07) is 17.7. The van der Waals surface area contributed by atoms with Gasteiger partial charge in [-0.05, 0) is 61.9 Å². The minimum atomic E-state index is 0.151. The zero-order chi connectivity index (χ0) is 15.6. The maximum absolute atomic E-state index is 12.9.